The Morgan fingerprint density at radius 1 is 1.00 bits per heavy atom. The lowest BCUT2D eigenvalue weighted by atomic mass is 10.2. The van der Waals surface area contributed by atoms with Gasteiger partial charge >= 0.3 is 0 Å². The Labute approximate surface area is 172 Å². The van der Waals surface area contributed by atoms with E-state index < -0.39 is 15.8 Å². The molecule has 1 amide bonds. The molecule has 0 bridgehead atoms. The molecule has 0 aliphatic rings. The Morgan fingerprint density at radius 2 is 1.66 bits per heavy atom. The lowest BCUT2D eigenvalue weighted by Gasteiger charge is -2.22. The van der Waals surface area contributed by atoms with E-state index in [-0.39, 0.29) is 24.6 Å². The first-order valence-electron chi connectivity index (χ1n) is 9.54. The first-order chi connectivity index (χ1) is 13.8. The van der Waals surface area contributed by atoms with E-state index in [9.17, 15) is 17.6 Å². The number of nitrogens with one attached hydrogen (secondary N) is 1. The van der Waals surface area contributed by atoms with Crippen LogP contribution in [0.1, 0.15) is 19.3 Å². The minimum Gasteiger partial charge on any atom is -0.375 e. The van der Waals surface area contributed by atoms with Gasteiger partial charge in [0.1, 0.15) is 5.82 Å². The monoisotopic (exact) mass is 421 g/mol. The van der Waals surface area contributed by atoms with Crippen LogP contribution in [0.15, 0.2) is 54.6 Å². The van der Waals surface area contributed by atoms with E-state index in [0.29, 0.717) is 13.0 Å². The van der Waals surface area contributed by atoms with Crippen LogP contribution in [0.2, 0.25) is 0 Å². The highest BCUT2D eigenvalue weighted by Crippen LogP contribution is 2.21. The smallest absolute Gasteiger partial charge is 0.232 e. The molecule has 1 N–H and O–H groups in total. The number of anilines is 2. The summed E-state index contributed by atoms with van der Waals surface area (Å²) in [7, 11) is -1.64. The van der Waals surface area contributed by atoms with Gasteiger partial charge in [-0.15, -0.1) is 0 Å². The van der Waals surface area contributed by atoms with Gasteiger partial charge in [0.2, 0.25) is 15.9 Å². The second-order valence-electron chi connectivity index (χ2n) is 6.85. The summed E-state index contributed by atoms with van der Waals surface area (Å²) in [4.78, 5) is 14.1. The van der Waals surface area contributed by atoms with Crippen LogP contribution >= 0.6 is 0 Å². The first kappa shape index (κ1) is 22.7. The molecule has 8 heteroatoms. The second-order valence-corrected chi connectivity index (χ2v) is 8.76. The van der Waals surface area contributed by atoms with Gasteiger partial charge in [0, 0.05) is 38.8 Å². The maximum atomic E-state index is 14.0. The highest BCUT2D eigenvalue weighted by molar-refractivity contribution is 7.92. The van der Waals surface area contributed by atoms with E-state index >= 15 is 0 Å². The van der Waals surface area contributed by atoms with E-state index in [1.807, 2.05) is 37.4 Å². The molecule has 0 radical (unpaired) electrons. The van der Waals surface area contributed by atoms with Crippen molar-refractivity contribution in [1.29, 1.82) is 0 Å². The van der Waals surface area contributed by atoms with Crippen molar-refractivity contribution in [2.24, 2.45) is 0 Å². The molecule has 0 heterocycles. The van der Waals surface area contributed by atoms with Crippen molar-refractivity contribution in [2.75, 3.05) is 42.1 Å². The number of rotatable bonds is 11. The number of amides is 1. The summed E-state index contributed by atoms with van der Waals surface area (Å²) in [5.74, 6) is -0.751. The standard InChI is InChI=1S/C21H28FN3O3S/c1-24(18-10-4-3-5-11-18)16-9-15-23-21(26)14-8-17-25(29(2,27)28)20-13-7-6-12-19(20)22/h3-7,10-13H,8-9,14-17H2,1-2H3,(H,23,26). The molecule has 6 nitrogen and oxygen atoms in total. The number of carbonyl (C=O) groups is 1. The zero-order valence-electron chi connectivity index (χ0n) is 16.8. The van der Waals surface area contributed by atoms with Crippen molar-refractivity contribution < 1.29 is 17.6 Å². The molecule has 0 unspecified atom stereocenters. The van der Waals surface area contributed by atoms with Crippen LogP contribution < -0.4 is 14.5 Å². The van der Waals surface area contributed by atoms with Gasteiger partial charge in [0.15, 0.2) is 0 Å². The summed E-state index contributed by atoms with van der Waals surface area (Å²) in [5, 5.41) is 2.85. The predicted molar refractivity (Wildman–Crippen MR) is 115 cm³/mol. The Hall–Kier alpha value is -2.61. The van der Waals surface area contributed by atoms with Crippen LogP contribution in [-0.2, 0) is 14.8 Å². The van der Waals surface area contributed by atoms with E-state index in [1.54, 1.807) is 6.07 Å². The van der Waals surface area contributed by atoms with E-state index in [0.717, 1.165) is 29.2 Å². The second kappa shape index (κ2) is 10.8. The topological polar surface area (TPSA) is 69.7 Å². The molecule has 158 valence electrons. The van der Waals surface area contributed by atoms with Gasteiger partial charge in [-0.3, -0.25) is 9.10 Å². The molecule has 0 aliphatic carbocycles. The van der Waals surface area contributed by atoms with Crippen molar-refractivity contribution in [3.8, 4) is 0 Å². The van der Waals surface area contributed by atoms with Crippen LogP contribution in [0.5, 0.6) is 0 Å². The third-order valence-corrected chi connectivity index (χ3v) is 5.66. The highest BCUT2D eigenvalue weighted by Gasteiger charge is 2.20. The highest BCUT2D eigenvalue weighted by atomic mass is 32.2. The summed E-state index contributed by atoms with van der Waals surface area (Å²) in [6, 6.07) is 15.7. The molecule has 2 aromatic rings. The molecule has 0 atom stereocenters. The zero-order chi connectivity index (χ0) is 21.3. The van der Waals surface area contributed by atoms with Crippen molar-refractivity contribution in [3.05, 3.63) is 60.4 Å². The molecular formula is C21H28FN3O3S. The van der Waals surface area contributed by atoms with Crippen LogP contribution in [0.25, 0.3) is 0 Å². The first-order valence-corrected chi connectivity index (χ1v) is 11.4. The van der Waals surface area contributed by atoms with Crippen molar-refractivity contribution >= 4 is 27.3 Å². The molecule has 0 fully saturated rings. The largest absolute Gasteiger partial charge is 0.375 e. The molecule has 2 rings (SSSR count). The van der Waals surface area contributed by atoms with Gasteiger partial charge in [-0.1, -0.05) is 30.3 Å². The number of sulfonamides is 1. The minimum atomic E-state index is -3.64. The number of benzene rings is 2. The molecule has 0 spiro atoms. The average Bonchev–Trinajstić information content (AvgIpc) is 2.69. The fourth-order valence-corrected chi connectivity index (χ4v) is 3.91. The molecule has 0 aromatic heterocycles. The lowest BCUT2D eigenvalue weighted by Crippen LogP contribution is -2.33. The van der Waals surface area contributed by atoms with Crippen LogP contribution in [-0.4, -0.2) is 47.3 Å². The number of hydrogen-bond donors (Lipinski definition) is 1. The lowest BCUT2D eigenvalue weighted by molar-refractivity contribution is -0.121. The zero-order valence-corrected chi connectivity index (χ0v) is 17.7. The summed E-state index contributed by atoms with van der Waals surface area (Å²) >= 11 is 0. The summed E-state index contributed by atoms with van der Waals surface area (Å²) in [5.41, 5.74) is 1.12. The molecule has 0 saturated heterocycles. The summed E-state index contributed by atoms with van der Waals surface area (Å²) in [6.45, 7) is 1.39. The third-order valence-electron chi connectivity index (χ3n) is 4.48. The molecular weight excluding hydrogens is 393 g/mol. The van der Waals surface area contributed by atoms with E-state index in [1.165, 1.54) is 18.2 Å². The Morgan fingerprint density at radius 3 is 2.31 bits per heavy atom. The van der Waals surface area contributed by atoms with Crippen LogP contribution in [0.4, 0.5) is 15.8 Å². The predicted octanol–water partition coefficient (Wildman–Crippen LogP) is 3.01. The van der Waals surface area contributed by atoms with E-state index in [2.05, 4.69) is 10.2 Å². The molecule has 0 aliphatic heterocycles. The van der Waals surface area contributed by atoms with Gasteiger partial charge in [0.05, 0.1) is 11.9 Å². The summed E-state index contributed by atoms with van der Waals surface area (Å²) < 4.78 is 39.0. The number of halogens is 1. The van der Waals surface area contributed by atoms with Crippen molar-refractivity contribution in [1.82, 2.24) is 5.32 Å². The number of para-hydroxylation sites is 2. The Balaban J connectivity index is 1.73. The Kier molecular flexibility index (Phi) is 8.45. The quantitative estimate of drug-likeness (QED) is 0.566. The maximum absolute atomic E-state index is 14.0. The average molecular weight is 422 g/mol. The number of nitrogens with zero attached hydrogens (tertiary/aromatic N) is 2. The van der Waals surface area contributed by atoms with Crippen LogP contribution in [0.3, 0.4) is 0 Å². The number of carbonyl (C=O) groups excluding carboxylic acids is 1. The fraction of sp³-hybridized carbons (Fsp3) is 0.381. The molecule has 2 aromatic carbocycles. The van der Waals surface area contributed by atoms with Gasteiger partial charge in [-0.25, -0.2) is 12.8 Å². The van der Waals surface area contributed by atoms with Crippen molar-refractivity contribution in [2.45, 2.75) is 19.3 Å². The van der Waals surface area contributed by atoms with Crippen LogP contribution in [0, 0.1) is 5.82 Å². The van der Waals surface area contributed by atoms with E-state index in [4.69, 9.17) is 0 Å². The Bertz CT molecular complexity index is 891. The fourth-order valence-electron chi connectivity index (χ4n) is 2.95. The molecule has 29 heavy (non-hydrogen) atoms. The minimum absolute atomic E-state index is 0.000595. The van der Waals surface area contributed by atoms with Crippen molar-refractivity contribution in [3.63, 3.8) is 0 Å². The molecule has 0 saturated carbocycles. The van der Waals surface area contributed by atoms with Gasteiger partial charge in [-0.05, 0) is 37.1 Å². The third kappa shape index (κ3) is 7.38. The summed E-state index contributed by atoms with van der Waals surface area (Å²) in [6.07, 6.45) is 2.30. The maximum Gasteiger partial charge on any atom is 0.232 e. The van der Waals surface area contributed by atoms with Gasteiger partial charge in [-0.2, -0.15) is 0 Å². The normalized spacial score (nSPS) is 11.1. The van der Waals surface area contributed by atoms with Gasteiger partial charge < -0.3 is 10.2 Å². The van der Waals surface area contributed by atoms with Gasteiger partial charge in [0.25, 0.3) is 0 Å². The SMILES string of the molecule is CN(CCCNC(=O)CCCN(c1ccccc1F)S(C)(=O)=O)c1ccccc1. The number of hydrogen-bond acceptors (Lipinski definition) is 4.